The van der Waals surface area contributed by atoms with Crippen LogP contribution in [0.1, 0.15) is 43.3 Å². The van der Waals surface area contributed by atoms with E-state index in [0.29, 0.717) is 18.6 Å². The monoisotopic (exact) mass is 435 g/mol. The first-order valence-corrected chi connectivity index (χ1v) is 9.69. The van der Waals surface area contributed by atoms with E-state index >= 15 is 0 Å². The lowest BCUT2D eigenvalue weighted by Gasteiger charge is -2.20. The SMILES string of the molecule is C[C@](N)(CO)CCc1ccc(C#CCCCc2ccc(Cl)cc2)o1.O=C(O)C(=O)O. The van der Waals surface area contributed by atoms with Crippen LogP contribution in [0.4, 0.5) is 0 Å². The summed E-state index contributed by atoms with van der Waals surface area (Å²) >= 11 is 5.87. The molecule has 30 heavy (non-hydrogen) atoms. The second kappa shape index (κ2) is 12.7. The first-order valence-electron chi connectivity index (χ1n) is 9.31. The molecule has 7 nitrogen and oxygen atoms in total. The zero-order valence-electron chi connectivity index (χ0n) is 16.7. The molecule has 2 aromatic rings. The Bertz CT molecular complexity index is 865. The van der Waals surface area contributed by atoms with Crippen molar-refractivity contribution in [1.29, 1.82) is 0 Å². The largest absolute Gasteiger partial charge is 0.473 e. The van der Waals surface area contributed by atoms with Crippen LogP contribution in [0.15, 0.2) is 40.8 Å². The maximum atomic E-state index is 9.16. The Morgan fingerprint density at radius 2 is 1.73 bits per heavy atom. The third kappa shape index (κ3) is 10.7. The molecule has 0 fully saturated rings. The second-order valence-electron chi connectivity index (χ2n) is 6.97. The van der Waals surface area contributed by atoms with Crippen LogP contribution in [0.25, 0.3) is 0 Å². The first-order chi connectivity index (χ1) is 14.1. The van der Waals surface area contributed by atoms with Gasteiger partial charge >= 0.3 is 11.9 Å². The number of rotatable bonds is 7. The minimum absolute atomic E-state index is 0.0337. The number of aliphatic carboxylic acids is 2. The third-order valence-corrected chi connectivity index (χ3v) is 4.29. The quantitative estimate of drug-likeness (QED) is 0.298. The van der Waals surface area contributed by atoms with E-state index in [-0.39, 0.29) is 6.61 Å². The number of carboxylic acids is 2. The van der Waals surface area contributed by atoms with Gasteiger partial charge in [0.2, 0.25) is 0 Å². The lowest BCUT2D eigenvalue weighted by Crippen LogP contribution is -2.40. The summed E-state index contributed by atoms with van der Waals surface area (Å²) in [5.74, 6) is 4.08. The van der Waals surface area contributed by atoms with Crippen LogP contribution in [0.3, 0.4) is 0 Å². The van der Waals surface area contributed by atoms with Crippen molar-refractivity contribution >= 4 is 23.5 Å². The van der Waals surface area contributed by atoms with Crippen LogP contribution < -0.4 is 5.73 Å². The van der Waals surface area contributed by atoms with Crippen molar-refractivity contribution in [2.75, 3.05) is 6.61 Å². The van der Waals surface area contributed by atoms with E-state index in [4.69, 9.17) is 46.7 Å². The normalized spacial score (nSPS) is 12.0. The summed E-state index contributed by atoms with van der Waals surface area (Å²) in [7, 11) is 0. The lowest BCUT2D eigenvalue weighted by atomic mass is 9.98. The molecule has 0 saturated heterocycles. The van der Waals surface area contributed by atoms with Gasteiger partial charge in [-0.3, -0.25) is 0 Å². The number of benzene rings is 1. The molecule has 1 aromatic carbocycles. The van der Waals surface area contributed by atoms with Crippen molar-refractivity contribution in [3.63, 3.8) is 0 Å². The molecule has 0 unspecified atom stereocenters. The minimum Gasteiger partial charge on any atom is -0.473 e. The fourth-order valence-electron chi connectivity index (χ4n) is 2.25. The topological polar surface area (TPSA) is 134 Å². The molecule has 0 saturated carbocycles. The fraction of sp³-hybridized carbons (Fsp3) is 0.364. The van der Waals surface area contributed by atoms with Crippen molar-refractivity contribution in [2.24, 2.45) is 5.73 Å². The molecule has 0 bridgehead atoms. The van der Waals surface area contributed by atoms with E-state index in [1.807, 2.05) is 43.3 Å². The van der Waals surface area contributed by atoms with E-state index < -0.39 is 17.5 Å². The number of carboxylic acid groups (broad SMARTS) is 2. The van der Waals surface area contributed by atoms with E-state index in [1.54, 1.807) is 0 Å². The van der Waals surface area contributed by atoms with Crippen LogP contribution in [0.2, 0.25) is 5.02 Å². The average Bonchev–Trinajstić information content (AvgIpc) is 3.16. The Labute approximate surface area is 180 Å². The van der Waals surface area contributed by atoms with Gasteiger partial charge in [-0.25, -0.2) is 9.59 Å². The Morgan fingerprint density at radius 1 is 1.10 bits per heavy atom. The molecular weight excluding hydrogens is 410 g/mol. The molecule has 0 amide bonds. The van der Waals surface area contributed by atoms with Crippen molar-refractivity contribution in [1.82, 2.24) is 0 Å². The molecule has 0 spiro atoms. The number of hydrogen-bond acceptors (Lipinski definition) is 5. The molecule has 8 heteroatoms. The lowest BCUT2D eigenvalue weighted by molar-refractivity contribution is -0.159. The number of aliphatic hydroxyl groups is 1. The van der Waals surface area contributed by atoms with Gasteiger partial charge in [0.05, 0.1) is 6.61 Å². The van der Waals surface area contributed by atoms with Gasteiger partial charge in [-0.05, 0) is 61.9 Å². The second-order valence-corrected chi connectivity index (χ2v) is 7.41. The highest BCUT2D eigenvalue weighted by Gasteiger charge is 2.17. The smallest absolute Gasteiger partial charge is 0.414 e. The van der Waals surface area contributed by atoms with E-state index in [2.05, 4.69) is 11.8 Å². The molecule has 5 N–H and O–H groups in total. The van der Waals surface area contributed by atoms with Gasteiger partial charge in [-0.15, -0.1) is 0 Å². The van der Waals surface area contributed by atoms with Gasteiger partial charge in [0, 0.05) is 23.4 Å². The molecule has 1 aromatic heterocycles. The molecular formula is C22H26ClNO6. The molecule has 0 radical (unpaired) electrons. The number of carbonyl (C=O) groups is 2. The number of nitrogens with two attached hydrogens (primary N) is 1. The Hall–Kier alpha value is -2.79. The summed E-state index contributed by atoms with van der Waals surface area (Å²) < 4.78 is 5.68. The molecule has 0 aliphatic rings. The maximum absolute atomic E-state index is 9.16. The number of unbranched alkanes of at least 4 members (excludes halogenated alkanes) is 1. The summed E-state index contributed by atoms with van der Waals surface area (Å²) in [6.45, 7) is 1.80. The molecule has 0 aliphatic carbocycles. The Morgan fingerprint density at radius 3 is 2.30 bits per heavy atom. The van der Waals surface area contributed by atoms with Crippen LogP contribution in [-0.4, -0.2) is 39.4 Å². The summed E-state index contributed by atoms with van der Waals surface area (Å²) in [6, 6.07) is 11.7. The first kappa shape index (κ1) is 25.2. The Balaban J connectivity index is 0.000000656. The van der Waals surface area contributed by atoms with Crippen molar-refractivity contribution in [2.45, 2.75) is 44.6 Å². The predicted molar refractivity (Wildman–Crippen MR) is 113 cm³/mol. The van der Waals surface area contributed by atoms with Crippen LogP contribution in [-0.2, 0) is 22.4 Å². The van der Waals surface area contributed by atoms with E-state index in [9.17, 15) is 0 Å². The van der Waals surface area contributed by atoms with Gasteiger partial charge in [-0.1, -0.05) is 29.7 Å². The number of aliphatic hydroxyl groups excluding tert-OH is 1. The third-order valence-electron chi connectivity index (χ3n) is 4.04. The zero-order valence-corrected chi connectivity index (χ0v) is 17.5. The highest BCUT2D eigenvalue weighted by Crippen LogP contribution is 2.14. The van der Waals surface area contributed by atoms with Gasteiger partial charge in [0.15, 0.2) is 5.76 Å². The molecule has 2 rings (SSSR count). The van der Waals surface area contributed by atoms with Gasteiger partial charge < -0.3 is 25.5 Å². The maximum Gasteiger partial charge on any atom is 0.414 e. The highest BCUT2D eigenvalue weighted by molar-refractivity contribution is 6.30. The van der Waals surface area contributed by atoms with Crippen molar-refractivity contribution in [3.8, 4) is 11.8 Å². The highest BCUT2D eigenvalue weighted by atomic mass is 35.5. The van der Waals surface area contributed by atoms with Gasteiger partial charge in [0.25, 0.3) is 0 Å². The standard InChI is InChI=1S/C20H24ClNO2.C2H2O4/c1-20(22,15-23)14-13-19-12-11-18(24-19)6-4-2-3-5-16-7-9-17(21)10-8-16;3-1(4)2(5)6/h7-12,23H,2-3,5,13-15,22H2,1H3;(H,3,4)(H,5,6)/t20-;/m1./s1. The van der Waals surface area contributed by atoms with Crippen molar-refractivity contribution in [3.05, 3.63) is 58.5 Å². The molecule has 1 heterocycles. The van der Waals surface area contributed by atoms with Crippen molar-refractivity contribution < 1.29 is 29.3 Å². The average molecular weight is 436 g/mol. The minimum atomic E-state index is -1.82. The van der Waals surface area contributed by atoms with E-state index in [0.717, 1.165) is 30.0 Å². The number of aryl methyl sites for hydroxylation is 2. The molecule has 0 aliphatic heterocycles. The summed E-state index contributed by atoms with van der Waals surface area (Å²) in [5, 5.41) is 24.7. The number of furan rings is 1. The van der Waals surface area contributed by atoms with Crippen LogP contribution in [0, 0.1) is 11.8 Å². The summed E-state index contributed by atoms with van der Waals surface area (Å²) in [6.07, 6.45) is 4.19. The fourth-order valence-corrected chi connectivity index (χ4v) is 2.37. The zero-order chi connectivity index (χ0) is 22.6. The Kier molecular flexibility index (Phi) is 10.7. The van der Waals surface area contributed by atoms with Crippen LogP contribution in [0.5, 0.6) is 0 Å². The predicted octanol–water partition coefficient (Wildman–Crippen LogP) is 3.11. The van der Waals surface area contributed by atoms with Gasteiger partial charge in [0.1, 0.15) is 5.76 Å². The summed E-state index contributed by atoms with van der Waals surface area (Å²) in [4.78, 5) is 18.2. The summed E-state index contributed by atoms with van der Waals surface area (Å²) in [5.41, 5.74) is 6.62. The number of hydrogen-bond donors (Lipinski definition) is 4. The molecule has 162 valence electrons. The van der Waals surface area contributed by atoms with Gasteiger partial charge in [-0.2, -0.15) is 0 Å². The number of halogens is 1. The van der Waals surface area contributed by atoms with E-state index in [1.165, 1.54) is 5.56 Å². The van der Waals surface area contributed by atoms with Crippen LogP contribution >= 0.6 is 11.6 Å². The molecule has 1 atom stereocenters.